The van der Waals surface area contributed by atoms with Gasteiger partial charge in [0.1, 0.15) is 10.7 Å². The Hall–Kier alpha value is -2.72. The van der Waals surface area contributed by atoms with Crippen LogP contribution in [0.4, 0.5) is 13.2 Å². The van der Waals surface area contributed by atoms with E-state index in [2.05, 4.69) is 15.4 Å². The largest absolute Gasteiger partial charge is 0.418 e. The van der Waals surface area contributed by atoms with Gasteiger partial charge in [-0.2, -0.15) is 18.3 Å². The SMILES string of the molecule is CC.CC(C)N(C(=O)c1csc(-c2cnn(-c3ccccc3C(F)(F)F)c2)n1)C1CCNCC1. The first-order chi connectivity index (χ1) is 16.3. The van der Waals surface area contributed by atoms with Crippen molar-refractivity contribution in [1.29, 1.82) is 0 Å². The fourth-order valence-electron chi connectivity index (χ4n) is 4.02. The van der Waals surface area contributed by atoms with Crippen LogP contribution in [0.1, 0.15) is 56.6 Å². The van der Waals surface area contributed by atoms with Crippen molar-refractivity contribution >= 4 is 17.2 Å². The minimum Gasteiger partial charge on any atom is -0.332 e. The number of para-hydroxylation sites is 1. The molecule has 0 radical (unpaired) electrons. The van der Waals surface area contributed by atoms with Crippen LogP contribution in [0.2, 0.25) is 0 Å². The zero-order valence-corrected chi connectivity index (χ0v) is 20.6. The third kappa shape index (κ3) is 5.67. The molecule has 3 heterocycles. The number of hydrogen-bond donors (Lipinski definition) is 1. The van der Waals surface area contributed by atoms with E-state index in [0.29, 0.717) is 16.3 Å². The summed E-state index contributed by atoms with van der Waals surface area (Å²) in [7, 11) is 0. The Morgan fingerprint density at radius 2 is 1.88 bits per heavy atom. The molecule has 1 amide bonds. The van der Waals surface area contributed by atoms with Gasteiger partial charge in [-0.3, -0.25) is 4.79 Å². The number of halogens is 3. The summed E-state index contributed by atoms with van der Waals surface area (Å²) in [6.07, 6.45) is 0.273. The second kappa shape index (κ2) is 11.1. The topological polar surface area (TPSA) is 63.1 Å². The molecular formula is C24H30F3N5OS. The molecule has 0 atom stereocenters. The van der Waals surface area contributed by atoms with Crippen LogP contribution in [0, 0.1) is 0 Å². The number of nitrogens with one attached hydrogen (secondary N) is 1. The van der Waals surface area contributed by atoms with Crippen LogP contribution in [0.15, 0.2) is 42.0 Å². The third-order valence-electron chi connectivity index (χ3n) is 5.50. The van der Waals surface area contributed by atoms with Gasteiger partial charge in [0.05, 0.1) is 17.4 Å². The second-order valence-electron chi connectivity index (χ2n) is 8.01. The lowest BCUT2D eigenvalue weighted by Crippen LogP contribution is -2.49. The summed E-state index contributed by atoms with van der Waals surface area (Å²) in [5.41, 5.74) is 0.0832. The summed E-state index contributed by atoms with van der Waals surface area (Å²) in [5.74, 6) is -0.121. The van der Waals surface area contributed by atoms with Gasteiger partial charge in [-0.25, -0.2) is 9.67 Å². The molecule has 6 nitrogen and oxygen atoms in total. The number of piperidine rings is 1. The molecule has 1 N–H and O–H groups in total. The summed E-state index contributed by atoms with van der Waals surface area (Å²) < 4.78 is 41.2. The maximum atomic E-state index is 13.4. The highest BCUT2D eigenvalue weighted by atomic mass is 32.1. The number of thiazole rings is 1. The summed E-state index contributed by atoms with van der Waals surface area (Å²) in [6, 6.07) is 5.48. The monoisotopic (exact) mass is 493 g/mol. The van der Waals surface area contributed by atoms with Gasteiger partial charge in [-0.15, -0.1) is 11.3 Å². The molecule has 0 bridgehead atoms. The van der Waals surface area contributed by atoms with Crippen LogP contribution in [0.3, 0.4) is 0 Å². The van der Waals surface area contributed by atoms with Gasteiger partial charge in [0, 0.05) is 29.2 Å². The minimum atomic E-state index is -4.49. The van der Waals surface area contributed by atoms with Crippen molar-refractivity contribution in [2.75, 3.05) is 13.1 Å². The summed E-state index contributed by atoms with van der Waals surface area (Å²) in [4.78, 5) is 19.6. The first kappa shape index (κ1) is 25.9. The molecule has 10 heteroatoms. The van der Waals surface area contributed by atoms with E-state index in [0.717, 1.165) is 32.0 Å². The van der Waals surface area contributed by atoms with Crippen molar-refractivity contribution in [3.05, 3.63) is 53.3 Å². The number of nitrogens with zero attached hydrogens (tertiary/aromatic N) is 4. The van der Waals surface area contributed by atoms with Crippen molar-refractivity contribution in [3.63, 3.8) is 0 Å². The number of alkyl halides is 3. The number of rotatable bonds is 5. The van der Waals surface area contributed by atoms with E-state index in [-0.39, 0.29) is 23.7 Å². The van der Waals surface area contributed by atoms with Gasteiger partial charge in [0.15, 0.2) is 0 Å². The van der Waals surface area contributed by atoms with Crippen LogP contribution < -0.4 is 5.32 Å². The molecule has 184 valence electrons. The van der Waals surface area contributed by atoms with Gasteiger partial charge in [0.2, 0.25) is 0 Å². The molecule has 1 aliphatic rings. The number of hydrogen-bond acceptors (Lipinski definition) is 5. The molecule has 3 aromatic rings. The quantitative estimate of drug-likeness (QED) is 0.499. The Kier molecular flexibility index (Phi) is 8.48. The summed E-state index contributed by atoms with van der Waals surface area (Å²) in [6.45, 7) is 9.74. The molecule has 0 saturated carbocycles. The van der Waals surface area contributed by atoms with Crippen LogP contribution in [0.25, 0.3) is 16.3 Å². The highest BCUT2D eigenvalue weighted by molar-refractivity contribution is 7.13. The lowest BCUT2D eigenvalue weighted by molar-refractivity contribution is -0.137. The molecule has 1 aliphatic heterocycles. The molecule has 1 aromatic carbocycles. The van der Waals surface area contributed by atoms with Gasteiger partial charge in [-0.1, -0.05) is 26.0 Å². The first-order valence-corrected chi connectivity index (χ1v) is 12.3. The van der Waals surface area contributed by atoms with Gasteiger partial charge in [0.25, 0.3) is 5.91 Å². The average Bonchev–Trinajstić information content (AvgIpc) is 3.50. The predicted molar refractivity (Wildman–Crippen MR) is 128 cm³/mol. The van der Waals surface area contributed by atoms with Crippen LogP contribution in [-0.4, -0.2) is 50.7 Å². The third-order valence-corrected chi connectivity index (χ3v) is 6.39. The Morgan fingerprint density at radius 3 is 2.53 bits per heavy atom. The van der Waals surface area contributed by atoms with E-state index in [1.54, 1.807) is 5.38 Å². The van der Waals surface area contributed by atoms with E-state index in [9.17, 15) is 18.0 Å². The van der Waals surface area contributed by atoms with E-state index < -0.39 is 11.7 Å². The Balaban J connectivity index is 0.00000158. The lowest BCUT2D eigenvalue weighted by Gasteiger charge is -2.37. The van der Waals surface area contributed by atoms with E-state index in [1.807, 2.05) is 32.6 Å². The fourth-order valence-corrected chi connectivity index (χ4v) is 4.79. The van der Waals surface area contributed by atoms with Crippen molar-refractivity contribution < 1.29 is 18.0 Å². The molecule has 34 heavy (non-hydrogen) atoms. The highest BCUT2D eigenvalue weighted by Gasteiger charge is 2.34. The Bertz CT molecular complexity index is 1090. The molecule has 1 fully saturated rings. The zero-order chi connectivity index (χ0) is 24.9. The highest BCUT2D eigenvalue weighted by Crippen LogP contribution is 2.34. The molecule has 4 rings (SSSR count). The number of carbonyl (C=O) groups excluding carboxylic acids is 1. The minimum absolute atomic E-state index is 0.0392. The van der Waals surface area contributed by atoms with Crippen molar-refractivity contribution in [2.24, 2.45) is 0 Å². The summed E-state index contributed by atoms with van der Waals surface area (Å²) >= 11 is 1.28. The number of carbonyl (C=O) groups is 1. The van der Waals surface area contributed by atoms with Crippen LogP contribution in [0.5, 0.6) is 0 Å². The summed E-state index contributed by atoms with van der Waals surface area (Å²) in [5, 5.41) is 9.66. The maximum Gasteiger partial charge on any atom is 0.418 e. The second-order valence-corrected chi connectivity index (χ2v) is 8.87. The van der Waals surface area contributed by atoms with Gasteiger partial charge < -0.3 is 10.2 Å². The molecule has 0 unspecified atom stereocenters. The fraction of sp³-hybridized carbons (Fsp3) is 0.458. The molecular weight excluding hydrogens is 463 g/mol. The smallest absolute Gasteiger partial charge is 0.332 e. The molecule has 1 saturated heterocycles. The Labute approximate surface area is 201 Å². The van der Waals surface area contributed by atoms with E-state index >= 15 is 0 Å². The number of aromatic nitrogens is 3. The van der Waals surface area contributed by atoms with Crippen LogP contribution >= 0.6 is 11.3 Å². The van der Waals surface area contributed by atoms with Crippen LogP contribution in [-0.2, 0) is 6.18 Å². The maximum absolute atomic E-state index is 13.4. The normalized spacial score (nSPS) is 14.6. The molecule has 0 aliphatic carbocycles. The zero-order valence-electron chi connectivity index (χ0n) is 19.8. The lowest BCUT2D eigenvalue weighted by atomic mass is 10.0. The van der Waals surface area contributed by atoms with Gasteiger partial charge >= 0.3 is 6.18 Å². The van der Waals surface area contributed by atoms with Crippen molar-refractivity contribution in [3.8, 4) is 16.3 Å². The standard InChI is InChI=1S/C22H24F3N5OS.C2H6/c1-14(2)30(16-7-9-26-10-8-16)21(31)18-13-32-20(28-18)15-11-27-29(12-15)19-6-4-3-5-17(19)22(23,24)25;1-2/h3-6,11-14,16,26H,7-10H2,1-2H3;1-2H3. The van der Waals surface area contributed by atoms with Crippen molar-refractivity contribution in [1.82, 2.24) is 25.0 Å². The molecule has 0 spiro atoms. The number of benzene rings is 1. The first-order valence-electron chi connectivity index (χ1n) is 11.5. The number of amides is 1. The Morgan fingerprint density at radius 1 is 1.21 bits per heavy atom. The van der Waals surface area contributed by atoms with Crippen molar-refractivity contribution in [2.45, 2.75) is 58.8 Å². The van der Waals surface area contributed by atoms with E-state index in [1.165, 1.54) is 46.6 Å². The van der Waals surface area contributed by atoms with E-state index in [4.69, 9.17) is 0 Å². The van der Waals surface area contributed by atoms with Gasteiger partial charge in [-0.05, 0) is 51.9 Å². The predicted octanol–water partition coefficient (Wildman–Crippen LogP) is 5.64. The average molecular weight is 494 g/mol. The molecule has 2 aromatic heterocycles.